The molecule has 0 aliphatic rings. The van der Waals surface area contributed by atoms with E-state index < -0.39 is 103 Å². The van der Waals surface area contributed by atoms with Gasteiger partial charge in [0, 0.05) is 16.5 Å². The minimum atomic E-state index is -4.78. The number of carbonyl (C=O) groups is 3. The fourth-order valence-corrected chi connectivity index (χ4v) is 6.08. The van der Waals surface area contributed by atoms with Gasteiger partial charge in [0.25, 0.3) is 0 Å². The third kappa shape index (κ3) is 11.4. The standard InChI is InChI=1S/C19H9F5N2OS.C11H7F3N2OS.C8H5BrF2O/c20-13-6-3-7-14(21)16(13)15-9-28-18(26-15)11(8-25)17(27)10-4-1-2-5-12(10)19(22,23)24;12-11(13,14)8-4-2-1-3-6(8)9(17)7(5-15)10(16)18;9-4-7(12)8-5(10)2-1-3-6(8)11/h1-7,9,11H;1-4,7H,(H2,16,18);1-3H,4H2. The predicted molar refractivity (Wildman–Crippen MR) is 198 cm³/mol. The second kappa shape index (κ2) is 20.0. The van der Waals surface area contributed by atoms with Crippen LogP contribution in [-0.2, 0) is 12.4 Å². The van der Waals surface area contributed by atoms with Gasteiger partial charge in [-0.2, -0.15) is 36.9 Å². The molecule has 1 aromatic heterocycles. The number of rotatable bonds is 9. The Morgan fingerprint density at radius 3 is 1.59 bits per heavy atom. The van der Waals surface area contributed by atoms with E-state index in [0.717, 1.165) is 78.1 Å². The van der Waals surface area contributed by atoms with Crippen molar-refractivity contribution in [2.75, 3.05) is 5.33 Å². The van der Waals surface area contributed by atoms with E-state index in [2.05, 4.69) is 33.1 Å². The predicted octanol–water partition coefficient (Wildman–Crippen LogP) is 10.5. The average Bonchev–Trinajstić information content (AvgIpc) is 3.64. The van der Waals surface area contributed by atoms with Gasteiger partial charge in [-0.25, -0.2) is 22.5 Å². The van der Waals surface area contributed by atoms with Crippen molar-refractivity contribution in [1.29, 1.82) is 10.5 Å². The first-order chi connectivity index (χ1) is 27.2. The second-order valence-electron chi connectivity index (χ2n) is 11.2. The summed E-state index contributed by atoms with van der Waals surface area (Å²) in [5.41, 5.74) is 0.536. The summed E-state index contributed by atoms with van der Waals surface area (Å²) in [5.74, 6) is -9.34. The Hall–Kier alpha value is -5.83. The number of hydrogen-bond donors (Lipinski definition) is 1. The van der Waals surface area contributed by atoms with Gasteiger partial charge in [0.05, 0.1) is 50.4 Å². The highest BCUT2D eigenvalue weighted by molar-refractivity contribution is 9.09. The van der Waals surface area contributed by atoms with Gasteiger partial charge in [0.1, 0.15) is 28.3 Å². The van der Waals surface area contributed by atoms with Crippen LogP contribution < -0.4 is 5.73 Å². The van der Waals surface area contributed by atoms with Crippen LogP contribution in [0, 0.1) is 51.8 Å². The summed E-state index contributed by atoms with van der Waals surface area (Å²) in [6.07, 6.45) is -9.46. The highest BCUT2D eigenvalue weighted by Gasteiger charge is 2.38. The van der Waals surface area contributed by atoms with E-state index in [9.17, 15) is 63.5 Å². The first kappa shape index (κ1) is 46.6. The number of nitrogens with zero attached hydrogens (tertiary/aromatic N) is 3. The molecule has 1 heterocycles. The number of thiazole rings is 1. The van der Waals surface area contributed by atoms with Gasteiger partial charge in [0.2, 0.25) is 0 Å². The summed E-state index contributed by atoms with van der Waals surface area (Å²) in [5, 5.41) is 19.1. The van der Waals surface area contributed by atoms with E-state index in [-0.39, 0.29) is 16.0 Å². The van der Waals surface area contributed by atoms with Gasteiger partial charge in [-0.05, 0) is 36.4 Å². The Kier molecular flexibility index (Phi) is 16.1. The summed E-state index contributed by atoms with van der Waals surface area (Å²) in [7, 11) is 0. The molecule has 2 unspecified atom stereocenters. The van der Waals surface area contributed by atoms with Crippen LogP contribution in [0.1, 0.15) is 53.1 Å². The highest BCUT2D eigenvalue weighted by Crippen LogP contribution is 2.36. The van der Waals surface area contributed by atoms with Crippen molar-refractivity contribution in [3.8, 4) is 23.4 Å². The number of nitrogens with two attached hydrogens (primary N) is 1. The lowest BCUT2D eigenvalue weighted by molar-refractivity contribution is -0.138. The van der Waals surface area contributed by atoms with Gasteiger partial charge in [-0.1, -0.05) is 76.7 Å². The topological polar surface area (TPSA) is 138 Å². The Morgan fingerprint density at radius 2 is 1.17 bits per heavy atom. The third-order valence-electron chi connectivity index (χ3n) is 7.41. The minimum absolute atomic E-state index is 0.0785. The molecule has 0 bridgehead atoms. The van der Waals surface area contributed by atoms with Crippen molar-refractivity contribution in [2.24, 2.45) is 11.7 Å². The molecule has 7 nitrogen and oxygen atoms in total. The first-order valence-electron chi connectivity index (χ1n) is 15.6. The number of hydrogen-bond acceptors (Lipinski definition) is 8. The molecule has 0 spiro atoms. The molecule has 2 N–H and O–H groups in total. The molecule has 0 saturated carbocycles. The summed E-state index contributed by atoms with van der Waals surface area (Å²) in [6.45, 7) is 0. The Labute approximate surface area is 339 Å². The summed E-state index contributed by atoms with van der Waals surface area (Å²) in [4.78, 5) is 38.8. The van der Waals surface area contributed by atoms with Crippen molar-refractivity contribution < 1.29 is 58.3 Å². The molecular weight excluding hydrogens is 894 g/mol. The van der Waals surface area contributed by atoms with Gasteiger partial charge in [-0.3, -0.25) is 14.4 Å². The van der Waals surface area contributed by atoms with Crippen LogP contribution in [0.25, 0.3) is 11.3 Å². The lowest BCUT2D eigenvalue weighted by atomic mass is 9.94. The van der Waals surface area contributed by atoms with Crippen molar-refractivity contribution in [2.45, 2.75) is 18.3 Å². The molecule has 0 saturated heterocycles. The molecule has 0 fully saturated rings. The van der Waals surface area contributed by atoms with E-state index in [4.69, 9.17) is 11.0 Å². The summed E-state index contributed by atoms with van der Waals surface area (Å²) >= 11 is 8.08. The second-order valence-corrected chi connectivity index (χ2v) is 13.1. The van der Waals surface area contributed by atoms with Crippen molar-refractivity contribution in [3.05, 3.63) is 146 Å². The average molecular weight is 916 g/mol. The smallest absolute Gasteiger partial charge is 0.392 e. The quantitative estimate of drug-likeness (QED) is 0.0668. The normalized spacial score (nSPS) is 11.9. The zero-order chi connectivity index (χ0) is 43.5. The number of ketones is 3. The fraction of sp³-hybridized carbons (Fsp3) is 0.132. The molecule has 0 amide bonds. The van der Waals surface area contributed by atoms with Crippen LogP contribution in [0.3, 0.4) is 0 Å². The Morgan fingerprint density at radius 1 is 0.724 bits per heavy atom. The SMILES string of the molecule is N#CC(C(=O)c1ccccc1C(F)(F)F)C(N)=S.N#CC(C(=O)c1ccccc1C(F)(F)F)c1nc(-c2c(F)cccc2F)cs1.O=C(CBr)c1c(F)cccc1F. The fourth-order valence-electron chi connectivity index (χ4n) is 4.79. The maximum Gasteiger partial charge on any atom is 0.417 e. The third-order valence-corrected chi connectivity index (χ3v) is 9.07. The number of carbonyl (C=O) groups excluding carboxylic acids is 3. The zero-order valence-corrected chi connectivity index (χ0v) is 31.9. The van der Waals surface area contributed by atoms with Gasteiger partial charge >= 0.3 is 12.4 Å². The molecule has 300 valence electrons. The number of nitriles is 2. The monoisotopic (exact) mass is 914 g/mol. The molecular formula is C38H21BrF10N4O3S2. The van der Waals surface area contributed by atoms with E-state index in [1.165, 1.54) is 29.6 Å². The van der Waals surface area contributed by atoms with Crippen LogP contribution >= 0.6 is 39.5 Å². The Bertz CT molecular complexity index is 2380. The number of benzene rings is 4. The molecule has 4 aromatic carbocycles. The van der Waals surface area contributed by atoms with Crippen molar-refractivity contribution >= 4 is 61.8 Å². The van der Waals surface area contributed by atoms with Crippen LogP contribution in [0.2, 0.25) is 0 Å². The summed E-state index contributed by atoms with van der Waals surface area (Å²) < 4.78 is 131. The molecule has 0 radical (unpaired) electrons. The lowest BCUT2D eigenvalue weighted by Gasteiger charge is -2.13. The molecule has 20 heteroatoms. The largest absolute Gasteiger partial charge is 0.417 e. The molecule has 5 rings (SSSR count). The molecule has 2 atom stereocenters. The van der Waals surface area contributed by atoms with E-state index in [1.807, 2.05) is 0 Å². The van der Waals surface area contributed by atoms with Gasteiger partial charge < -0.3 is 5.73 Å². The van der Waals surface area contributed by atoms with Crippen molar-refractivity contribution in [1.82, 2.24) is 4.98 Å². The maximum atomic E-state index is 13.9. The first-order valence-corrected chi connectivity index (χ1v) is 18.0. The van der Waals surface area contributed by atoms with Gasteiger partial charge in [0.15, 0.2) is 29.2 Å². The molecule has 5 aromatic rings. The number of aromatic nitrogens is 1. The lowest BCUT2D eigenvalue weighted by Crippen LogP contribution is -2.29. The van der Waals surface area contributed by atoms with Crippen LogP contribution in [-0.4, -0.2) is 32.7 Å². The summed E-state index contributed by atoms with van der Waals surface area (Å²) in [6, 6.07) is 17.9. The molecule has 0 aliphatic heterocycles. The van der Waals surface area contributed by atoms with Gasteiger partial charge in [-0.15, -0.1) is 11.3 Å². The van der Waals surface area contributed by atoms with E-state index >= 15 is 0 Å². The van der Waals surface area contributed by atoms with Crippen molar-refractivity contribution in [3.63, 3.8) is 0 Å². The van der Waals surface area contributed by atoms with E-state index in [1.54, 1.807) is 6.07 Å². The zero-order valence-electron chi connectivity index (χ0n) is 28.6. The Balaban J connectivity index is 0.000000257. The molecule has 58 heavy (non-hydrogen) atoms. The number of Topliss-reactive ketones (excluding diaryl/α,β-unsaturated/α-hetero) is 3. The minimum Gasteiger partial charge on any atom is -0.392 e. The molecule has 0 aliphatic carbocycles. The number of alkyl halides is 7. The highest BCUT2D eigenvalue weighted by atomic mass is 79.9. The maximum absolute atomic E-state index is 13.9. The van der Waals surface area contributed by atoms with Crippen LogP contribution in [0.4, 0.5) is 43.9 Å². The van der Waals surface area contributed by atoms with Crippen LogP contribution in [0.5, 0.6) is 0 Å². The number of thiocarbonyl (C=S) groups is 1. The van der Waals surface area contributed by atoms with Crippen LogP contribution in [0.15, 0.2) is 90.3 Å². The number of halogens is 11. The van der Waals surface area contributed by atoms with E-state index in [0.29, 0.717) is 0 Å².